The van der Waals surface area contributed by atoms with Crippen LogP contribution in [0.25, 0.3) is 0 Å². The van der Waals surface area contributed by atoms with Crippen LogP contribution in [0.3, 0.4) is 0 Å². The van der Waals surface area contributed by atoms with Gasteiger partial charge in [0.2, 0.25) is 0 Å². The van der Waals surface area contributed by atoms with Gasteiger partial charge in [-0.25, -0.2) is 0 Å². The number of ether oxygens (including phenoxy) is 1. The molecule has 1 aromatic carbocycles. The summed E-state index contributed by atoms with van der Waals surface area (Å²) in [5.41, 5.74) is 0.807. The highest BCUT2D eigenvalue weighted by Crippen LogP contribution is 2.20. The first-order valence-electron chi connectivity index (χ1n) is 9.07. The summed E-state index contributed by atoms with van der Waals surface area (Å²) in [7, 11) is 0. The molecule has 0 aliphatic carbocycles. The van der Waals surface area contributed by atoms with Crippen LogP contribution in [-0.2, 0) is 6.42 Å². The van der Waals surface area contributed by atoms with Gasteiger partial charge in [0.05, 0.1) is 18.8 Å². The molecule has 1 aromatic heterocycles. The Bertz CT molecular complexity index is 678. The average Bonchev–Trinajstić information content (AvgIpc) is 3.12. The zero-order valence-corrected chi connectivity index (χ0v) is 19.3. The molecule has 0 radical (unpaired) electrons. The number of aliphatic hydroxyl groups excluding tert-OH is 1. The fraction of sp³-hybridized carbons (Fsp3) is 0.450. The quantitative estimate of drug-likeness (QED) is 0.275. The molecular formula is C20H30IN3O2S. The number of hydrogen-bond donors (Lipinski definition) is 3. The summed E-state index contributed by atoms with van der Waals surface area (Å²) >= 11 is 1.76. The van der Waals surface area contributed by atoms with Gasteiger partial charge in [-0.2, -0.15) is 0 Å². The number of aliphatic imine (C=N–C) groups is 1. The topological polar surface area (TPSA) is 65.9 Å². The third-order valence-corrected chi connectivity index (χ3v) is 4.56. The van der Waals surface area contributed by atoms with Gasteiger partial charge in [0, 0.05) is 18.0 Å². The van der Waals surface area contributed by atoms with E-state index in [0.717, 1.165) is 36.8 Å². The zero-order chi connectivity index (χ0) is 18.8. The Labute approximate surface area is 183 Å². The molecule has 3 N–H and O–H groups in total. The van der Waals surface area contributed by atoms with Gasteiger partial charge in [0.15, 0.2) is 5.96 Å². The first-order chi connectivity index (χ1) is 12.6. The number of benzene rings is 1. The fourth-order valence-electron chi connectivity index (χ4n) is 2.45. The molecule has 150 valence electrons. The minimum atomic E-state index is -0.668. The van der Waals surface area contributed by atoms with Crippen LogP contribution in [-0.4, -0.2) is 36.8 Å². The number of nitrogens with zero attached hydrogens (tertiary/aromatic N) is 1. The highest BCUT2D eigenvalue weighted by Gasteiger charge is 2.09. The van der Waals surface area contributed by atoms with Gasteiger partial charge in [0.25, 0.3) is 0 Å². The Morgan fingerprint density at radius 1 is 1.22 bits per heavy atom. The zero-order valence-electron chi connectivity index (χ0n) is 16.1. The number of halogens is 1. The van der Waals surface area contributed by atoms with E-state index in [2.05, 4.69) is 33.1 Å². The number of hydrogen-bond acceptors (Lipinski definition) is 4. The molecule has 5 nitrogen and oxygen atoms in total. The van der Waals surface area contributed by atoms with Crippen molar-refractivity contribution in [1.29, 1.82) is 0 Å². The van der Waals surface area contributed by atoms with E-state index in [9.17, 15) is 5.11 Å². The molecular weight excluding hydrogens is 473 g/mol. The maximum Gasteiger partial charge on any atom is 0.191 e. The third kappa shape index (κ3) is 8.94. The molecule has 7 heteroatoms. The summed E-state index contributed by atoms with van der Waals surface area (Å²) in [5.74, 6) is 1.49. The predicted octanol–water partition coefficient (Wildman–Crippen LogP) is 3.98. The van der Waals surface area contributed by atoms with Gasteiger partial charge in [-0.15, -0.1) is 35.3 Å². The lowest BCUT2D eigenvalue weighted by atomic mass is 10.1. The van der Waals surface area contributed by atoms with E-state index < -0.39 is 6.10 Å². The summed E-state index contributed by atoms with van der Waals surface area (Å²) < 4.78 is 5.69. The van der Waals surface area contributed by atoms with Crippen LogP contribution < -0.4 is 15.4 Å². The number of aliphatic hydroxyl groups is 1. The van der Waals surface area contributed by atoms with E-state index in [-0.39, 0.29) is 30.1 Å². The molecule has 0 saturated carbocycles. The fourth-order valence-corrected chi connectivity index (χ4v) is 3.16. The van der Waals surface area contributed by atoms with Crippen molar-refractivity contribution in [2.24, 2.45) is 4.99 Å². The predicted molar refractivity (Wildman–Crippen MR) is 125 cm³/mol. The van der Waals surface area contributed by atoms with Crippen LogP contribution in [0.5, 0.6) is 5.75 Å². The molecule has 0 aliphatic heterocycles. The molecule has 2 rings (SSSR count). The minimum absolute atomic E-state index is 0. The van der Waals surface area contributed by atoms with Crippen LogP contribution in [0.15, 0.2) is 46.8 Å². The molecule has 2 aromatic rings. The van der Waals surface area contributed by atoms with E-state index in [1.165, 1.54) is 4.88 Å². The van der Waals surface area contributed by atoms with Crippen LogP contribution >= 0.6 is 35.3 Å². The number of nitrogens with one attached hydrogen (secondary N) is 2. The average molecular weight is 503 g/mol. The van der Waals surface area contributed by atoms with Crippen molar-refractivity contribution >= 4 is 41.3 Å². The number of guanidine groups is 1. The largest absolute Gasteiger partial charge is 0.491 e. The van der Waals surface area contributed by atoms with E-state index in [0.29, 0.717) is 6.54 Å². The van der Waals surface area contributed by atoms with Gasteiger partial charge in [-0.3, -0.25) is 4.99 Å². The maximum absolute atomic E-state index is 10.5. The standard InChI is InChI=1S/C20H29N3O2S.HI/c1-4-21-20(22-11-10-18-9-6-12-26-18)23-14-19(24)16-7-5-8-17(13-16)25-15(2)3;/h5-9,12-13,15,19,24H,4,10-11,14H2,1-3H3,(H2,21,22,23);1H. The highest BCUT2D eigenvalue weighted by molar-refractivity contribution is 14.0. The van der Waals surface area contributed by atoms with Gasteiger partial charge < -0.3 is 20.5 Å². The molecule has 1 heterocycles. The molecule has 1 atom stereocenters. The Kier molecular flexibility index (Phi) is 11.4. The van der Waals surface area contributed by atoms with E-state index in [1.54, 1.807) is 11.3 Å². The van der Waals surface area contributed by atoms with Gasteiger partial charge in [0.1, 0.15) is 5.75 Å². The SMILES string of the molecule is CCNC(=NCC(O)c1cccc(OC(C)C)c1)NCCc1cccs1.I. The number of rotatable bonds is 9. The normalized spacial score (nSPS) is 12.4. The second-order valence-electron chi connectivity index (χ2n) is 6.23. The first kappa shape index (κ1) is 23.7. The minimum Gasteiger partial charge on any atom is -0.491 e. The summed E-state index contributed by atoms with van der Waals surface area (Å²) in [5, 5.41) is 19.1. The Morgan fingerprint density at radius 2 is 2.04 bits per heavy atom. The van der Waals surface area contributed by atoms with Gasteiger partial charge in [-0.1, -0.05) is 18.2 Å². The van der Waals surface area contributed by atoms with Crippen molar-refractivity contribution in [3.8, 4) is 5.75 Å². The molecule has 0 fully saturated rings. The summed E-state index contributed by atoms with van der Waals surface area (Å²) in [6.07, 6.45) is 0.394. The van der Waals surface area contributed by atoms with Crippen molar-refractivity contribution < 1.29 is 9.84 Å². The molecule has 0 amide bonds. The lowest BCUT2D eigenvalue weighted by Gasteiger charge is -2.15. The monoisotopic (exact) mass is 503 g/mol. The second kappa shape index (κ2) is 13.0. The van der Waals surface area contributed by atoms with Gasteiger partial charge >= 0.3 is 0 Å². The molecule has 27 heavy (non-hydrogen) atoms. The smallest absolute Gasteiger partial charge is 0.191 e. The second-order valence-corrected chi connectivity index (χ2v) is 7.26. The lowest BCUT2D eigenvalue weighted by molar-refractivity contribution is 0.185. The van der Waals surface area contributed by atoms with Crippen molar-refractivity contribution in [3.63, 3.8) is 0 Å². The van der Waals surface area contributed by atoms with Crippen LogP contribution in [0.2, 0.25) is 0 Å². The van der Waals surface area contributed by atoms with Crippen LogP contribution in [0.4, 0.5) is 0 Å². The van der Waals surface area contributed by atoms with Crippen LogP contribution in [0, 0.1) is 0 Å². The Balaban J connectivity index is 0.00000364. The van der Waals surface area contributed by atoms with Crippen molar-refractivity contribution in [2.75, 3.05) is 19.6 Å². The first-order valence-corrected chi connectivity index (χ1v) is 9.95. The molecule has 0 saturated heterocycles. The Morgan fingerprint density at radius 3 is 2.70 bits per heavy atom. The lowest BCUT2D eigenvalue weighted by Crippen LogP contribution is -2.38. The van der Waals surface area contributed by atoms with Crippen molar-refractivity contribution in [3.05, 3.63) is 52.2 Å². The molecule has 0 aliphatic rings. The Hall–Kier alpha value is -1.32. The molecule has 0 spiro atoms. The third-order valence-electron chi connectivity index (χ3n) is 3.63. The van der Waals surface area contributed by atoms with E-state index in [1.807, 2.05) is 45.0 Å². The van der Waals surface area contributed by atoms with Crippen molar-refractivity contribution in [1.82, 2.24) is 10.6 Å². The number of thiophene rings is 1. The summed E-state index contributed by atoms with van der Waals surface area (Å²) in [6.45, 7) is 7.87. The maximum atomic E-state index is 10.5. The highest BCUT2D eigenvalue weighted by atomic mass is 127. The van der Waals surface area contributed by atoms with E-state index >= 15 is 0 Å². The van der Waals surface area contributed by atoms with Crippen molar-refractivity contribution in [2.45, 2.75) is 39.4 Å². The van der Waals surface area contributed by atoms with E-state index in [4.69, 9.17) is 4.74 Å². The van der Waals surface area contributed by atoms with Gasteiger partial charge in [-0.05, 0) is 56.3 Å². The van der Waals surface area contributed by atoms with Crippen LogP contribution in [0.1, 0.15) is 37.3 Å². The summed E-state index contributed by atoms with van der Waals surface area (Å²) in [4.78, 5) is 5.85. The summed E-state index contributed by atoms with van der Waals surface area (Å²) in [6, 6.07) is 11.8. The molecule has 0 bridgehead atoms. The molecule has 1 unspecified atom stereocenters.